The molecule has 3 N–H and O–H groups in total. The number of carbonyl (C=O) groups excluding carboxylic acids is 1. The summed E-state index contributed by atoms with van der Waals surface area (Å²) < 4.78 is 0. The number of nitrogens with zero attached hydrogens (tertiary/aromatic N) is 1. The van der Waals surface area contributed by atoms with Crippen LogP contribution in [0.3, 0.4) is 0 Å². The minimum atomic E-state index is 0.188. The van der Waals surface area contributed by atoms with E-state index in [0.29, 0.717) is 13.1 Å². The highest BCUT2D eigenvalue weighted by molar-refractivity contribution is 5.80. The number of anilines is 2. The Hall–Kier alpha value is -1.78. The second-order valence-electron chi connectivity index (χ2n) is 4.83. The topological polar surface area (TPSA) is 66.0 Å². The SMILES string of the molecule is CCCNc1cccc(NCCNC(=O)C2CC2)n1. The number of rotatable bonds is 8. The number of hydrogen-bond acceptors (Lipinski definition) is 4. The summed E-state index contributed by atoms with van der Waals surface area (Å²) in [7, 11) is 0. The van der Waals surface area contributed by atoms with Gasteiger partial charge in [0.1, 0.15) is 11.6 Å². The van der Waals surface area contributed by atoms with Gasteiger partial charge in [-0.1, -0.05) is 13.0 Å². The molecule has 0 unspecified atom stereocenters. The Labute approximate surface area is 114 Å². The van der Waals surface area contributed by atoms with Crippen molar-refractivity contribution in [2.45, 2.75) is 26.2 Å². The molecule has 0 saturated heterocycles. The minimum absolute atomic E-state index is 0.188. The van der Waals surface area contributed by atoms with Crippen molar-refractivity contribution in [1.29, 1.82) is 0 Å². The number of hydrogen-bond donors (Lipinski definition) is 3. The number of carbonyl (C=O) groups is 1. The van der Waals surface area contributed by atoms with Gasteiger partial charge in [0.25, 0.3) is 0 Å². The highest BCUT2D eigenvalue weighted by atomic mass is 16.2. The lowest BCUT2D eigenvalue weighted by molar-refractivity contribution is -0.122. The van der Waals surface area contributed by atoms with Crippen LogP contribution < -0.4 is 16.0 Å². The zero-order chi connectivity index (χ0) is 13.5. The molecule has 1 amide bonds. The lowest BCUT2D eigenvalue weighted by atomic mass is 10.4. The van der Waals surface area contributed by atoms with Gasteiger partial charge in [0.2, 0.25) is 5.91 Å². The molecule has 0 aliphatic heterocycles. The van der Waals surface area contributed by atoms with Gasteiger partial charge in [-0.05, 0) is 31.4 Å². The van der Waals surface area contributed by atoms with Crippen molar-refractivity contribution in [3.63, 3.8) is 0 Å². The van der Waals surface area contributed by atoms with Crippen LogP contribution in [0.4, 0.5) is 11.6 Å². The first kappa shape index (κ1) is 13.6. The number of amides is 1. The van der Waals surface area contributed by atoms with Crippen LogP contribution in [-0.4, -0.2) is 30.5 Å². The largest absolute Gasteiger partial charge is 0.370 e. The summed E-state index contributed by atoms with van der Waals surface area (Å²) in [6, 6.07) is 5.85. The molecular weight excluding hydrogens is 240 g/mol. The summed E-state index contributed by atoms with van der Waals surface area (Å²) in [5.41, 5.74) is 0. The summed E-state index contributed by atoms with van der Waals surface area (Å²) in [5.74, 6) is 2.18. The Bertz CT molecular complexity index is 418. The van der Waals surface area contributed by atoms with E-state index in [1.54, 1.807) is 0 Å². The van der Waals surface area contributed by atoms with Crippen LogP contribution in [-0.2, 0) is 4.79 Å². The van der Waals surface area contributed by atoms with Gasteiger partial charge >= 0.3 is 0 Å². The molecule has 1 saturated carbocycles. The summed E-state index contributed by atoms with van der Waals surface area (Å²) >= 11 is 0. The first-order chi connectivity index (χ1) is 9.29. The lowest BCUT2D eigenvalue weighted by Gasteiger charge is -2.09. The van der Waals surface area contributed by atoms with Gasteiger partial charge in [0.05, 0.1) is 0 Å². The highest BCUT2D eigenvalue weighted by Crippen LogP contribution is 2.28. The van der Waals surface area contributed by atoms with E-state index >= 15 is 0 Å². The second kappa shape index (κ2) is 6.97. The van der Waals surface area contributed by atoms with E-state index in [9.17, 15) is 4.79 Å². The van der Waals surface area contributed by atoms with Crippen LogP contribution in [0.2, 0.25) is 0 Å². The van der Waals surface area contributed by atoms with Crippen molar-refractivity contribution >= 4 is 17.5 Å². The smallest absolute Gasteiger partial charge is 0.223 e. The second-order valence-corrected chi connectivity index (χ2v) is 4.83. The average molecular weight is 262 g/mol. The summed E-state index contributed by atoms with van der Waals surface area (Å²) in [6.07, 6.45) is 3.17. The molecule has 5 nitrogen and oxygen atoms in total. The quantitative estimate of drug-likeness (QED) is 0.625. The molecule has 1 aromatic rings. The highest BCUT2D eigenvalue weighted by Gasteiger charge is 2.28. The molecule has 0 bridgehead atoms. The fraction of sp³-hybridized carbons (Fsp3) is 0.571. The van der Waals surface area contributed by atoms with E-state index in [1.807, 2.05) is 18.2 Å². The van der Waals surface area contributed by atoms with E-state index in [0.717, 1.165) is 37.4 Å². The Kier molecular flexibility index (Phi) is 5.01. The van der Waals surface area contributed by atoms with Gasteiger partial charge < -0.3 is 16.0 Å². The predicted molar refractivity (Wildman–Crippen MR) is 77.2 cm³/mol. The Morgan fingerprint density at radius 2 is 1.89 bits per heavy atom. The third kappa shape index (κ3) is 4.77. The zero-order valence-corrected chi connectivity index (χ0v) is 11.4. The molecule has 5 heteroatoms. The molecule has 0 aromatic carbocycles. The van der Waals surface area contributed by atoms with Crippen LogP contribution in [0.25, 0.3) is 0 Å². The van der Waals surface area contributed by atoms with Crippen LogP contribution >= 0.6 is 0 Å². The van der Waals surface area contributed by atoms with E-state index in [2.05, 4.69) is 27.9 Å². The molecular formula is C14H22N4O. The molecule has 1 heterocycles. The molecule has 0 atom stereocenters. The number of pyridine rings is 1. The Morgan fingerprint density at radius 1 is 1.21 bits per heavy atom. The van der Waals surface area contributed by atoms with Crippen molar-refractivity contribution in [3.05, 3.63) is 18.2 Å². The van der Waals surface area contributed by atoms with Gasteiger partial charge in [-0.3, -0.25) is 4.79 Å². The molecule has 0 spiro atoms. The molecule has 19 heavy (non-hydrogen) atoms. The fourth-order valence-corrected chi connectivity index (χ4v) is 1.75. The van der Waals surface area contributed by atoms with Crippen LogP contribution in [0.5, 0.6) is 0 Å². The zero-order valence-electron chi connectivity index (χ0n) is 11.4. The maximum atomic E-state index is 11.4. The minimum Gasteiger partial charge on any atom is -0.370 e. The molecule has 0 radical (unpaired) electrons. The Balaban J connectivity index is 1.68. The van der Waals surface area contributed by atoms with E-state index < -0.39 is 0 Å². The standard InChI is InChI=1S/C14H22N4O/c1-2-8-15-12-4-3-5-13(18-12)16-9-10-17-14(19)11-6-7-11/h3-5,11H,2,6-10H2,1H3,(H,17,19)(H2,15,16,18). The predicted octanol–water partition coefficient (Wildman–Crippen LogP) is 1.84. The molecule has 1 fully saturated rings. The molecule has 1 aliphatic carbocycles. The van der Waals surface area contributed by atoms with Crippen molar-refractivity contribution in [2.75, 3.05) is 30.3 Å². The first-order valence-corrected chi connectivity index (χ1v) is 7.02. The third-order valence-corrected chi connectivity index (χ3v) is 2.98. The maximum Gasteiger partial charge on any atom is 0.223 e. The van der Waals surface area contributed by atoms with Crippen molar-refractivity contribution < 1.29 is 4.79 Å². The summed E-state index contributed by atoms with van der Waals surface area (Å²) in [5, 5.41) is 9.37. The van der Waals surface area contributed by atoms with E-state index in [1.165, 1.54) is 0 Å². The van der Waals surface area contributed by atoms with E-state index in [-0.39, 0.29) is 11.8 Å². The summed E-state index contributed by atoms with van der Waals surface area (Å²) in [4.78, 5) is 15.9. The first-order valence-electron chi connectivity index (χ1n) is 7.02. The third-order valence-electron chi connectivity index (χ3n) is 2.98. The average Bonchev–Trinajstić information content (AvgIpc) is 3.26. The molecule has 1 aromatic heterocycles. The van der Waals surface area contributed by atoms with Crippen LogP contribution in [0, 0.1) is 5.92 Å². The van der Waals surface area contributed by atoms with Crippen LogP contribution in [0.1, 0.15) is 26.2 Å². The van der Waals surface area contributed by atoms with Gasteiger partial charge in [0, 0.05) is 25.6 Å². The normalized spacial score (nSPS) is 13.9. The van der Waals surface area contributed by atoms with Crippen molar-refractivity contribution in [1.82, 2.24) is 10.3 Å². The molecule has 104 valence electrons. The summed E-state index contributed by atoms with van der Waals surface area (Å²) in [6.45, 7) is 4.39. The van der Waals surface area contributed by atoms with Gasteiger partial charge in [-0.25, -0.2) is 4.98 Å². The van der Waals surface area contributed by atoms with Crippen molar-refractivity contribution in [3.8, 4) is 0 Å². The van der Waals surface area contributed by atoms with Gasteiger partial charge in [0.15, 0.2) is 0 Å². The fourth-order valence-electron chi connectivity index (χ4n) is 1.75. The van der Waals surface area contributed by atoms with Crippen molar-refractivity contribution in [2.24, 2.45) is 5.92 Å². The maximum absolute atomic E-state index is 11.4. The van der Waals surface area contributed by atoms with E-state index in [4.69, 9.17) is 0 Å². The number of nitrogens with one attached hydrogen (secondary N) is 3. The Morgan fingerprint density at radius 3 is 2.53 bits per heavy atom. The molecule has 2 rings (SSSR count). The monoisotopic (exact) mass is 262 g/mol. The van der Waals surface area contributed by atoms with Gasteiger partial charge in [-0.2, -0.15) is 0 Å². The lowest BCUT2D eigenvalue weighted by Crippen LogP contribution is -2.29. The van der Waals surface area contributed by atoms with Crippen LogP contribution in [0.15, 0.2) is 18.2 Å². The number of aromatic nitrogens is 1. The molecule has 1 aliphatic rings. The van der Waals surface area contributed by atoms with Gasteiger partial charge in [-0.15, -0.1) is 0 Å².